The van der Waals surface area contributed by atoms with Crippen LogP contribution in [0.5, 0.6) is 5.75 Å². The first-order chi connectivity index (χ1) is 10.3. The van der Waals surface area contributed by atoms with Gasteiger partial charge < -0.3 is 14.4 Å². The van der Waals surface area contributed by atoms with Crippen LogP contribution >= 0.6 is 0 Å². The van der Waals surface area contributed by atoms with Gasteiger partial charge in [0.1, 0.15) is 11.4 Å². The van der Waals surface area contributed by atoms with Crippen molar-refractivity contribution in [1.82, 2.24) is 4.90 Å². The van der Waals surface area contributed by atoms with Crippen LogP contribution in [0.2, 0.25) is 0 Å². The van der Waals surface area contributed by atoms with Gasteiger partial charge >= 0.3 is 5.97 Å². The maximum atomic E-state index is 11.9. The summed E-state index contributed by atoms with van der Waals surface area (Å²) < 4.78 is 10.6. The van der Waals surface area contributed by atoms with Gasteiger partial charge in [0.25, 0.3) is 5.91 Å². The first-order valence-corrected chi connectivity index (χ1v) is 7.41. The van der Waals surface area contributed by atoms with Gasteiger partial charge in [-0.05, 0) is 39.3 Å². The van der Waals surface area contributed by atoms with E-state index in [1.54, 1.807) is 24.1 Å². The molecule has 1 aromatic carbocycles. The SMILES string of the molecule is CN(CCCC(=O)OC(C)(C)C)C(=O)COc1ccccc1. The molecule has 0 aromatic heterocycles. The normalized spacial score (nSPS) is 10.9. The Balaban J connectivity index is 2.23. The van der Waals surface area contributed by atoms with Gasteiger partial charge in [-0.25, -0.2) is 0 Å². The van der Waals surface area contributed by atoms with Crippen molar-refractivity contribution in [3.8, 4) is 5.75 Å². The standard InChI is InChI=1S/C17H25NO4/c1-17(2,3)22-16(20)11-8-12-18(4)15(19)13-21-14-9-6-5-7-10-14/h5-7,9-10H,8,11-13H2,1-4H3. The second kappa shape index (κ2) is 8.41. The molecule has 1 rings (SSSR count). The monoisotopic (exact) mass is 307 g/mol. The summed E-state index contributed by atoms with van der Waals surface area (Å²) in [5.74, 6) is 0.305. The van der Waals surface area contributed by atoms with Crippen molar-refractivity contribution < 1.29 is 19.1 Å². The smallest absolute Gasteiger partial charge is 0.306 e. The summed E-state index contributed by atoms with van der Waals surface area (Å²) >= 11 is 0. The van der Waals surface area contributed by atoms with Crippen LogP contribution in [0, 0.1) is 0 Å². The van der Waals surface area contributed by atoms with E-state index in [0.29, 0.717) is 25.1 Å². The van der Waals surface area contributed by atoms with Crippen molar-refractivity contribution in [2.45, 2.75) is 39.2 Å². The highest BCUT2D eigenvalue weighted by atomic mass is 16.6. The van der Waals surface area contributed by atoms with Crippen LogP contribution in [0.1, 0.15) is 33.6 Å². The number of likely N-dealkylation sites (N-methyl/N-ethyl adjacent to an activating group) is 1. The topological polar surface area (TPSA) is 55.8 Å². The highest BCUT2D eigenvalue weighted by molar-refractivity contribution is 5.77. The maximum absolute atomic E-state index is 11.9. The molecule has 0 radical (unpaired) electrons. The number of rotatable bonds is 7. The quantitative estimate of drug-likeness (QED) is 0.727. The van der Waals surface area contributed by atoms with Gasteiger partial charge in [-0.1, -0.05) is 18.2 Å². The second-order valence-electron chi connectivity index (χ2n) is 6.11. The van der Waals surface area contributed by atoms with E-state index < -0.39 is 5.60 Å². The maximum Gasteiger partial charge on any atom is 0.306 e. The number of esters is 1. The molecule has 5 nitrogen and oxygen atoms in total. The fraction of sp³-hybridized carbons (Fsp3) is 0.529. The lowest BCUT2D eigenvalue weighted by molar-refractivity contribution is -0.155. The Labute approximate surface area is 132 Å². The van der Waals surface area contributed by atoms with Crippen LogP contribution in [-0.2, 0) is 14.3 Å². The Bertz CT molecular complexity index is 479. The molecule has 122 valence electrons. The van der Waals surface area contributed by atoms with Crippen LogP contribution < -0.4 is 4.74 Å². The number of amides is 1. The average Bonchev–Trinajstić information content (AvgIpc) is 2.43. The largest absolute Gasteiger partial charge is 0.484 e. The van der Waals surface area contributed by atoms with Gasteiger partial charge in [0.15, 0.2) is 6.61 Å². The molecule has 5 heteroatoms. The van der Waals surface area contributed by atoms with Crippen LogP contribution in [0.15, 0.2) is 30.3 Å². The molecule has 0 saturated heterocycles. The summed E-state index contributed by atoms with van der Waals surface area (Å²) in [5, 5.41) is 0. The van der Waals surface area contributed by atoms with Crippen LogP contribution in [0.25, 0.3) is 0 Å². The lowest BCUT2D eigenvalue weighted by Gasteiger charge is -2.20. The molecule has 0 spiro atoms. The van der Waals surface area contributed by atoms with E-state index in [2.05, 4.69) is 0 Å². The van der Waals surface area contributed by atoms with Crippen molar-refractivity contribution in [2.75, 3.05) is 20.2 Å². The molecular weight excluding hydrogens is 282 g/mol. The van der Waals surface area contributed by atoms with E-state index in [9.17, 15) is 9.59 Å². The third-order valence-electron chi connectivity index (χ3n) is 2.83. The highest BCUT2D eigenvalue weighted by Crippen LogP contribution is 2.10. The average molecular weight is 307 g/mol. The summed E-state index contributed by atoms with van der Waals surface area (Å²) in [7, 11) is 1.70. The van der Waals surface area contributed by atoms with Gasteiger partial charge in [-0.2, -0.15) is 0 Å². The molecule has 0 bridgehead atoms. The van der Waals surface area contributed by atoms with E-state index >= 15 is 0 Å². The molecule has 0 aliphatic heterocycles. The number of hydrogen-bond donors (Lipinski definition) is 0. The number of para-hydroxylation sites is 1. The number of nitrogens with zero attached hydrogens (tertiary/aromatic N) is 1. The second-order valence-corrected chi connectivity index (χ2v) is 6.11. The van der Waals surface area contributed by atoms with Crippen LogP contribution in [0.4, 0.5) is 0 Å². The summed E-state index contributed by atoms with van der Waals surface area (Å²) in [6.07, 6.45) is 0.872. The zero-order chi connectivity index (χ0) is 16.6. The number of carbonyl (C=O) groups is 2. The summed E-state index contributed by atoms with van der Waals surface area (Å²) in [4.78, 5) is 25.0. The molecule has 0 saturated carbocycles. The van der Waals surface area contributed by atoms with Gasteiger partial charge in [0, 0.05) is 20.0 Å². The molecule has 1 aromatic rings. The Hall–Kier alpha value is -2.04. The molecule has 0 aliphatic rings. The predicted octanol–water partition coefficient (Wildman–Crippen LogP) is 2.65. The van der Waals surface area contributed by atoms with Gasteiger partial charge in [0.2, 0.25) is 0 Å². The molecule has 0 heterocycles. The van der Waals surface area contributed by atoms with Gasteiger partial charge in [-0.15, -0.1) is 0 Å². The molecule has 0 N–H and O–H groups in total. The molecule has 22 heavy (non-hydrogen) atoms. The van der Waals surface area contributed by atoms with Gasteiger partial charge in [0.05, 0.1) is 0 Å². The van der Waals surface area contributed by atoms with Crippen molar-refractivity contribution in [2.24, 2.45) is 0 Å². The van der Waals surface area contributed by atoms with E-state index in [4.69, 9.17) is 9.47 Å². The molecule has 0 fully saturated rings. The molecule has 0 atom stereocenters. The van der Waals surface area contributed by atoms with E-state index in [1.165, 1.54) is 0 Å². The lowest BCUT2D eigenvalue weighted by Crippen LogP contribution is -2.32. The van der Waals surface area contributed by atoms with E-state index in [1.807, 2.05) is 39.0 Å². The fourth-order valence-electron chi connectivity index (χ4n) is 1.75. The van der Waals surface area contributed by atoms with Crippen molar-refractivity contribution in [1.29, 1.82) is 0 Å². The molecular formula is C17H25NO4. The van der Waals surface area contributed by atoms with E-state index in [0.717, 1.165) is 0 Å². The number of ether oxygens (including phenoxy) is 2. The van der Waals surface area contributed by atoms with Crippen molar-refractivity contribution in [3.05, 3.63) is 30.3 Å². The lowest BCUT2D eigenvalue weighted by atomic mass is 10.2. The van der Waals surface area contributed by atoms with E-state index in [-0.39, 0.29) is 18.5 Å². The third kappa shape index (κ3) is 7.67. The minimum Gasteiger partial charge on any atom is -0.484 e. The Morgan fingerprint density at radius 2 is 1.77 bits per heavy atom. The van der Waals surface area contributed by atoms with Crippen LogP contribution in [-0.4, -0.2) is 42.6 Å². The fourth-order valence-corrected chi connectivity index (χ4v) is 1.75. The molecule has 0 unspecified atom stereocenters. The minimum atomic E-state index is -0.470. The van der Waals surface area contributed by atoms with Crippen molar-refractivity contribution >= 4 is 11.9 Å². The van der Waals surface area contributed by atoms with Crippen molar-refractivity contribution in [3.63, 3.8) is 0 Å². The zero-order valence-electron chi connectivity index (χ0n) is 13.8. The summed E-state index contributed by atoms with van der Waals surface area (Å²) in [6, 6.07) is 9.19. The Morgan fingerprint density at radius 1 is 1.14 bits per heavy atom. The summed E-state index contributed by atoms with van der Waals surface area (Å²) in [6.45, 7) is 5.99. The Kier molecular flexibility index (Phi) is 6.89. The first-order valence-electron chi connectivity index (χ1n) is 7.41. The zero-order valence-corrected chi connectivity index (χ0v) is 13.8. The number of carbonyl (C=O) groups excluding carboxylic acids is 2. The highest BCUT2D eigenvalue weighted by Gasteiger charge is 2.16. The Morgan fingerprint density at radius 3 is 2.36 bits per heavy atom. The number of benzene rings is 1. The first kappa shape index (κ1) is 18.0. The predicted molar refractivity (Wildman–Crippen MR) is 84.7 cm³/mol. The molecule has 0 aliphatic carbocycles. The van der Waals surface area contributed by atoms with Crippen LogP contribution in [0.3, 0.4) is 0 Å². The third-order valence-corrected chi connectivity index (χ3v) is 2.83. The van der Waals surface area contributed by atoms with Gasteiger partial charge in [-0.3, -0.25) is 9.59 Å². The minimum absolute atomic E-state index is 0.00699. The molecule has 1 amide bonds. The number of hydrogen-bond acceptors (Lipinski definition) is 4. The summed E-state index contributed by atoms with van der Waals surface area (Å²) in [5.41, 5.74) is -0.470.